The summed E-state index contributed by atoms with van der Waals surface area (Å²) in [5, 5.41) is 0. The first-order valence-electron chi connectivity index (χ1n) is 10.4. The van der Waals surface area contributed by atoms with Gasteiger partial charge >= 0.3 is 6.18 Å². The molecule has 0 unspecified atom stereocenters. The minimum Gasteiger partial charge on any atom is -0.333 e. The number of benzene rings is 2. The fourth-order valence-electron chi connectivity index (χ4n) is 2.87. The highest BCUT2D eigenvalue weighted by Gasteiger charge is 2.29. The minimum absolute atomic E-state index is 0.586. The standard InChI is InChI=1S/C17H18N2.C8H7F3.C2H6/c1-5-9-13(2)14(3)17-16(18-12-19(17)4)15-10-7-6-8-11-15;1-6-3-2-4-7(5-6)8(9,10)11;1-2/h5-12H,2-3H2,1,4H3;2-5H,1H3;1-2H3/b9-5-;;. The second kappa shape index (κ2) is 12.5. The van der Waals surface area contributed by atoms with Crippen LogP contribution in [0.2, 0.25) is 0 Å². The van der Waals surface area contributed by atoms with E-state index >= 15 is 0 Å². The summed E-state index contributed by atoms with van der Waals surface area (Å²) >= 11 is 0. The molecule has 2 nitrogen and oxygen atoms in total. The van der Waals surface area contributed by atoms with E-state index in [2.05, 4.69) is 30.3 Å². The summed E-state index contributed by atoms with van der Waals surface area (Å²) < 4.78 is 37.9. The van der Waals surface area contributed by atoms with Crippen LogP contribution < -0.4 is 0 Å². The Labute approximate surface area is 189 Å². The maximum atomic E-state index is 12.0. The third kappa shape index (κ3) is 7.41. The van der Waals surface area contributed by atoms with Gasteiger partial charge < -0.3 is 4.57 Å². The molecule has 3 rings (SSSR count). The van der Waals surface area contributed by atoms with Gasteiger partial charge in [0.05, 0.1) is 23.3 Å². The molecule has 1 heterocycles. The van der Waals surface area contributed by atoms with E-state index in [1.165, 1.54) is 6.07 Å². The first-order valence-corrected chi connectivity index (χ1v) is 10.4. The third-order valence-electron chi connectivity index (χ3n) is 4.37. The highest BCUT2D eigenvalue weighted by atomic mass is 19.4. The molecule has 0 bridgehead atoms. The Bertz CT molecular complexity index is 1040. The highest BCUT2D eigenvalue weighted by Crippen LogP contribution is 2.30. The summed E-state index contributed by atoms with van der Waals surface area (Å²) in [4.78, 5) is 4.49. The van der Waals surface area contributed by atoms with E-state index in [4.69, 9.17) is 0 Å². The Morgan fingerprint density at radius 1 is 1.00 bits per heavy atom. The lowest BCUT2D eigenvalue weighted by Gasteiger charge is -2.10. The first kappa shape index (κ1) is 26.7. The van der Waals surface area contributed by atoms with E-state index < -0.39 is 11.7 Å². The zero-order valence-corrected chi connectivity index (χ0v) is 19.4. The van der Waals surface area contributed by atoms with Crippen molar-refractivity contribution in [2.75, 3.05) is 0 Å². The van der Waals surface area contributed by atoms with Crippen LogP contribution in [0.5, 0.6) is 0 Å². The molecular weight excluding hydrogens is 409 g/mol. The zero-order valence-electron chi connectivity index (χ0n) is 19.4. The van der Waals surface area contributed by atoms with E-state index in [0.717, 1.165) is 40.2 Å². The number of hydrogen-bond acceptors (Lipinski definition) is 1. The fraction of sp³-hybridized carbons (Fsp3) is 0.222. The maximum Gasteiger partial charge on any atom is 0.416 e. The SMILES string of the molecule is C=C(/C=C\C)C(=C)c1c(-c2ccccc2)ncn1C.CC.Cc1cccc(C(F)(F)F)c1. The van der Waals surface area contributed by atoms with Crippen molar-refractivity contribution in [1.29, 1.82) is 0 Å². The molecule has 5 heteroatoms. The lowest BCUT2D eigenvalue weighted by atomic mass is 10.0. The van der Waals surface area contributed by atoms with Crippen LogP contribution in [0.3, 0.4) is 0 Å². The minimum atomic E-state index is -4.22. The van der Waals surface area contributed by atoms with Crippen molar-refractivity contribution in [3.05, 3.63) is 109 Å². The van der Waals surface area contributed by atoms with Crippen molar-refractivity contribution in [3.63, 3.8) is 0 Å². The number of rotatable bonds is 4. The first-order chi connectivity index (χ1) is 15.1. The molecule has 0 aliphatic carbocycles. The lowest BCUT2D eigenvalue weighted by Crippen LogP contribution is -2.04. The molecule has 0 aliphatic rings. The van der Waals surface area contributed by atoms with E-state index in [9.17, 15) is 13.2 Å². The normalized spacial score (nSPS) is 10.6. The summed E-state index contributed by atoms with van der Waals surface area (Å²) in [6, 6.07) is 15.4. The van der Waals surface area contributed by atoms with Gasteiger partial charge in [-0.2, -0.15) is 13.2 Å². The van der Waals surface area contributed by atoms with Crippen LogP contribution in [0, 0.1) is 6.92 Å². The van der Waals surface area contributed by atoms with Crippen LogP contribution in [0.1, 0.15) is 37.6 Å². The van der Waals surface area contributed by atoms with Crippen LogP contribution in [0.25, 0.3) is 16.8 Å². The summed E-state index contributed by atoms with van der Waals surface area (Å²) in [5.74, 6) is 0. The quantitative estimate of drug-likeness (QED) is 0.373. The van der Waals surface area contributed by atoms with Crippen molar-refractivity contribution < 1.29 is 13.2 Å². The molecule has 0 amide bonds. The lowest BCUT2D eigenvalue weighted by molar-refractivity contribution is -0.137. The molecule has 0 radical (unpaired) electrons. The van der Waals surface area contributed by atoms with Gasteiger partial charge in [0.2, 0.25) is 0 Å². The summed E-state index contributed by atoms with van der Waals surface area (Å²) in [5.41, 5.74) is 4.89. The largest absolute Gasteiger partial charge is 0.416 e. The smallest absolute Gasteiger partial charge is 0.333 e. The molecule has 0 saturated carbocycles. The van der Waals surface area contributed by atoms with Crippen LogP contribution in [-0.2, 0) is 13.2 Å². The van der Waals surface area contributed by atoms with Gasteiger partial charge in [-0.25, -0.2) is 4.98 Å². The van der Waals surface area contributed by atoms with Crippen molar-refractivity contribution >= 4 is 5.57 Å². The molecule has 0 aliphatic heterocycles. The number of imidazole rings is 1. The molecule has 1 aromatic heterocycles. The predicted molar refractivity (Wildman–Crippen MR) is 129 cm³/mol. The van der Waals surface area contributed by atoms with Crippen LogP contribution >= 0.6 is 0 Å². The van der Waals surface area contributed by atoms with Gasteiger partial charge in [0.25, 0.3) is 0 Å². The second-order valence-corrected chi connectivity index (χ2v) is 6.79. The van der Waals surface area contributed by atoms with Crippen LogP contribution in [0.4, 0.5) is 13.2 Å². The Morgan fingerprint density at radius 3 is 2.12 bits per heavy atom. The van der Waals surface area contributed by atoms with Gasteiger partial charge in [-0.15, -0.1) is 0 Å². The van der Waals surface area contributed by atoms with Crippen molar-refractivity contribution in [3.8, 4) is 11.3 Å². The van der Waals surface area contributed by atoms with Gasteiger partial charge in [-0.05, 0) is 31.1 Å². The Balaban J connectivity index is 0.000000335. The predicted octanol–water partition coefficient (Wildman–Crippen LogP) is 8.27. The van der Waals surface area contributed by atoms with E-state index in [0.29, 0.717) is 5.56 Å². The fourth-order valence-corrected chi connectivity index (χ4v) is 2.87. The molecule has 2 aromatic carbocycles. The molecule has 32 heavy (non-hydrogen) atoms. The number of hydrogen-bond donors (Lipinski definition) is 0. The number of aromatic nitrogens is 2. The molecular formula is C27H31F3N2. The average molecular weight is 441 g/mol. The zero-order chi connectivity index (χ0) is 24.3. The van der Waals surface area contributed by atoms with E-state index in [-0.39, 0.29) is 0 Å². The number of halogens is 3. The van der Waals surface area contributed by atoms with Crippen molar-refractivity contribution in [1.82, 2.24) is 9.55 Å². The van der Waals surface area contributed by atoms with Crippen LogP contribution in [0.15, 0.2) is 91.8 Å². The van der Waals surface area contributed by atoms with Gasteiger partial charge in [0, 0.05) is 12.6 Å². The molecule has 0 N–H and O–H groups in total. The average Bonchev–Trinajstić information content (AvgIpc) is 3.16. The molecule has 0 saturated heterocycles. The topological polar surface area (TPSA) is 17.8 Å². The third-order valence-corrected chi connectivity index (χ3v) is 4.37. The summed E-state index contributed by atoms with van der Waals surface area (Å²) in [6.45, 7) is 15.8. The number of allylic oxidation sites excluding steroid dienone is 4. The molecule has 3 aromatic rings. The van der Waals surface area contributed by atoms with Gasteiger partial charge in [0.15, 0.2) is 0 Å². The molecule has 0 atom stereocenters. The van der Waals surface area contributed by atoms with E-state index in [1.807, 2.05) is 69.1 Å². The summed E-state index contributed by atoms with van der Waals surface area (Å²) in [6.07, 6.45) is 1.52. The molecule has 0 spiro atoms. The van der Waals surface area contributed by atoms with Gasteiger partial charge in [-0.1, -0.05) is 93.3 Å². The molecule has 170 valence electrons. The van der Waals surface area contributed by atoms with Crippen molar-refractivity contribution in [2.24, 2.45) is 7.05 Å². The number of alkyl halides is 3. The van der Waals surface area contributed by atoms with E-state index in [1.54, 1.807) is 13.0 Å². The van der Waals surface area contributed by atoms with Gasteiger partial charge in [-0.3, -0.25) is 0 Å². The second-order valence-electron chi connectivity index (χ2n) is 6.79. The number of aryl methyl sites for hydroxylation is 2. The Morgan fingerprint density at radius 2 is 1.62 bits per heavy atom. The Hall–Kier alpha value is -3.34. The summed E-state index contributed by atoms with van der Waals surface area (Å²) in [7, 11) is 1.98. The highest BCUT2D eigenvalue weighted by molar-refractivity contribution is 5.85. The maximum absolute atomic E-state index is 12.0. The van der Waals surface area contributed by atoms with Crippen molar-refractivity contribution in [2.45, 2.75) is 33.9 Å². The molecule has 0 fully saturated rings. The number of nitrogens with zero attached hydrogens (tertiary/aromatic N) is 2. The van der Waals surface area contributed by atoms with Crippen LogP contribution in [-0.4, -0.2) is 9.55 Å². The monoisotopic (exact) mass is 440 g/mol. The Kier molecular flexibility index (Phi) is 10.4. The van der Waals surface area contributed by atoms with Gasteiger partial charge in [0.1, 0.15) is 0 Å².